The Balaban J connectivity index is 2.11. The van der Waals surface area contributed by atoms with E-state index in [9.17, 15) is 8.42 Å². The number of sulfonamides is 1. The van der Waals surface area contributed by atoms with Crippen LogP contribution in [0.15, 0.2) is 35.4 Å². The third kappa shape index (κ3) is 4.50. The zero-order chi connectivity index (χ0) is 16.9. The van der Waals surface area contributed by atoms with E-state index in [4.69, 9.17) is 0 Å². The van der Waals surface area contributed by atoms with Gasteiger partial charge in [0, 0.05) is 18.1 Å². The fourth-order valence-corrected chi connectivity index (χ4v) is 3.84. The van der Waals surface area contributed by atoms with Gasteiger partial charge in [0.1, 0.15) is 4.90 Å². The largest absolute Gasteiger partial charge is 0.304 e. The fourth-order valence-electron chi connectivity index (χ4n) is 2.59. The molecule has 0 saturated heterocycles. The first-order valence-corrected chi connectivity index (χ1v) is 9.53. The van der Waals surface area contributed by atoms with Gasteiger partial charge in [0.2, 0.25) is 10.0 Å². The van der Waals surface area contributed by atoms with E-state index >= 15 is 0 Å². The Labute approximate surface area is 138 Å². The van der Waals surface area contributed by atoms with E-state index in [1.165, 1.54) is 0 Å². The lowest BCUT2D eigenvalue weighted by molar-refractivity contribution is 0.300. The van der Waals surface area contributed by atoms with Crippen LogP contribution in [0.5, 0.6) is 0 Å². The van der Waals surface area contributed by atoms with E-state index in [0.29, 0.717) is 12.1 Å². The summed E-state index contributed by atoms with van der Waals surface area (Å²) in [6.07, 6.45) is 2.49. The molecular formula is C17H25N3O2S. The number of aromatic nitrogens is 1. The SMILES string of the molecule is CCN(CC)CCCNS(=O)(=O)c1cccc2cc(C)cnc12. The van der Waals surface area contributed by atoms with E-state index in [0.717, 1.165) is 37.0 Å². The molecule has 1 heterocycles. The number of nitrogens with zero attached hydrogens (tertiary/aromatic N) is 2. The van der Waals surface area contributed by atoms with Crippen molar-refractivity contribution >= 4 is 20.9 Å². The first-order valence-electron chi connectivity index (χ1n) is 8.05. The molecular weight excluding hydrogens is 310 g/mol. The fraction of sp³-hybridized carbons (Fsp3) is 0.471. The number of hydrogen-bond acceptors (Lipinski definition) is 4. The topological polar surface area (TPSA) is 62.3 Å². The standard InChI is InChI=1S/C17H25N3O2S/c1-4-20(5-2)11-7-10-19-23(21,22)16-9-6-8-15-12-14(3)13-18-17(15)16/h6,8-9,12-13,19H,4-5,7,10-11H2,1-3H3. The van der Waals surface area contributed by atoms with Gasteiger partial charge < -0.3 is 4.90 Å². The number of rotatable bonds is 8. The second-order valence-electron chi connectivity index (χ2n) is 5.62. The van der Waals surface area contributed by atoms with Crippen LogP contribution < -0.4 is 4.72 Å². The lowest BCUT2D eigenvalue weighted by Crippen LogP contribution is -2.30. The van der Waals surface area contributed by atoms with Crippen molar-refractivity contribution < 1.29 is 8.42 Å². The molecule has 1 N–H and O–H groups in total. The third-order valence-corrected chi connectivity index (χ3v) is 5.43. The molecule has 126 valence electrons. The summed E-state index contributed by atoms with van der Waals surface area (Å²) >= 11 is 0. The van der Waals surface area contributed by atoms with E-state index in [2.05, 4.69) is 28.5 Å². The molecule has 2 rings (SSSR count). The molecule has 0 spiro atoms. The predicted octanol–water partition coefficient (Wildman–Crippen LogP) is 2.55. The van der Waals surface area contributed by atoms with Crippen molar-refractivity contribution in [1.29, 1.82) is 0 Å². The minimum absolute atomic E-state index is 0.248. The summed E-state index contributed by atoms with van der Waals surface area (Å²) in [6, 6.07) is 7.20. The highest BCUT2D eigenvalue weighted by Gasteiger charge is 2.17. The lowest BCUT2D eigenvalue weighted by atomic mass is 10.2. The molecule has 23 heavy (non-hydrogen) atoms. The van der Waals surface area contributed by atoms with Gasteiger partial charge in [-0.05, 0) is 50.7 Å². The highest BCUT2D eigenvalue weighted by Crippen LogP contribution is 2.21. The smallest absolute Gasteiger partial charge is 0.242 e. The molecule has 0 saturated carbocycles. The summed E-state index contributed by atoms with van der Waals surface area (Å²) in [7, 11) is -3.54. The number of benzene rings is 1. The summed E-state index contributed by atoms with van der Waals surface area (Å²) in [4.78, 5) is 6.82. The average Bonchev–Trinajstić information content (AvgIpc) is 2.54. The van der Waals surface area contributed by atoms with Gasteiger partial charge in [-0.1, -0.05) is 26.0 Å². The minimum atomic E-state index is -3.54. The van der Waals surface area contributed by atoms with Gasteiger partial charge in [-0.15, -0.1) is 0 Å². The maximum absolute atomic E-state index is 12.6. The number of hydrogen-bond donors (Lipinski definition) is 1. The molecule has 0 aliphatic heterocycles. The molecule has 0 amide bonds. The maximum Gasteiger partial charge on any atom is 0.242 e. The van der Waals surface area contributed by atoms with Crippen LogP contribution in [0, 0.1) is 6.92 Å². The molecule has 2 aromatic rings. The van der Waals surface area contributed by atoms with Crippen molar-refractivity contribution in [1.82, 2.24) is 14.6 Å². The van der Waals surface area contributed by atoms with Crippen LogP contribution in [0.3, 0.4) is 0 Å². The zero-order valence-corrected chi connectivity index (χ0v) is 14.9. The molecule has 0 radical (unpaired) electrons. The summed E-state index contributed by atoms with van der Waals surface area (Å²) in [5.74, 6) is 0. The monoisotopic (exact) mass is 335 g/mol. The molecule has 5 nitrogen and oxygen atoms in total. The van der Waals surface area contributed by atoms with Crippen LogP contribution >= 0.6 is 0 Å². The summed E-state index contributed by atoms with van der Waals surface area (Å²) < 4.78 is 27.8. The molecule has 0 bridgehead atoms. The van der Waals surface area contributed by atoms with Gasteiger partial charge >= 0.3 is 0 Å². The second-order valence-corrected chi connectivity index (χ2v) is 7.35. The minimum Gasteiger partial charge on any atom is -0.304 e. The van der Waals surface area contributed by atoms with Gasteiger partial charge in [-0.2, -0.15) is 0 Å². The summed E-state index contributed by atoms with van der Waals surface area (Å²) in [5, 5.41) is 0.844. The van der Waals surface area contributed by atoms with E-state index < -0.39 is 10.0 Å². The van der Waals surface area contributed by atoms with Crippen LogP contribution in [0.4, 0.5) is 0 Å². The Morgan fingerprint density at radius 3 is 2.65 bits per heavy atom. The average molecular weight is 335 g/mol. The molecule has 0 fully saturated rings. The molecule has 1 aromatic carbocycles. The van der Waals surface area contributed by atoms with E-state index in [1.807, 2.05) is 19.1 Å². The highest BCUT2D eigenvalue weighted by atomic mass is 32.2. The molecule has 1 aromatic heterocycles. The quantitative estimate of drug-likeness (QED) is 0.753. The van der Waals surface area contributed by atoms with Crippen LogP contribution in [0.25, 0.3) is 10.9 Å². The second kappa shape index (κ2) is 7.86. The van der Waals surface area contributed by atoms with Crippen molar-refractivity contribution in [3.05, 3.63) is 36.0 Å². The molecule has 0 aliphatic carbocycles. The van der Waals surface area contributed by atoms with Crippen LogP contribution in [0.1, 0.15) is 25.8 Å². The molecule has 6 heteroatoms. The first-order chi connectivity index (χ1) is 11.0. The van der Waals surface area contributed by atoms with Crippen molar-refractivity contribution in [2.24, 2.45) is 0 Å². The summed E-state index contributed by atoms with van der Waals surface area (Å²) in [6.45, 7) is 9.45. The number of para-hydroxylation sites is 1. The Kier molecular flexibility index (Phi) is 6.10. The van der Waals surface area contributed by atoms with Crippen molar-refractivity contribution in [2.75, 3.05) is 26.2 Å². The van der Waals surface area contributed by atoms with Gasteiger partial charge in [-0.25, -0.2) is 13.1 Å². The van der Waals surface area contributed by atoms with Crippen molar-refractivity contribution in [3.8, 4) is 0 Å². The van der Waals surface area contributed by atoms with E-state index in [-0.39, 0.29) is 4.90 Å². The van der Waals surface area contributed by atoms with Crippen LogP contribution in [0.2, 0.25) is 0 Å². The lowest BCUT2D eigenvalue weighted by Gasteiger charge is -2.17. The van der Waals surface area contributed by atoms with Gasteiger partial charge in [0.25, 0.3) is 0 Å². The Morgan fingerprint density at radius 1 is 1.22 bits per heavy atom. The maximum atomic E-state index is 12.6. The zero-order valence-electron chi connectivity index (χ0n) is 14.0. The number of nitrogens with one attached hydrogen (secondary N) is 1. The number of pyridine rings is 1. The van der Waals surface area contributed by atoms with Gasteiger partial charge in [-0.3, -0.25) is 4.98 Å². The molecule has 0 atom stereocenters. The van der Waals surface area contributed by atoms with Crippen molar-refractivity contribution in [3.63, 3.8) is 0 Å². The van der Waals surface area contributed by atoms with Gasteiger partial charge in [0.15, 0.2) is 0 Å². The number of aryl methyl sites for hydroxylation is 1. The number of fused-ring (bicyclic) bond motifs is 1. The predicted molar refractivity (Wildman–Crippen MR) is 94.1 cm³/mol. The third-order valence-electron chi connectivity index (χ3n) is 3.94. The van der Waals surface area contributed by atoms with E-state index in [1.54, 1.807) is 18.3 Å². The Hall–Kier alpha value is -1.50. The van der Waals surface area contributed by atoms with Crippen molar-refractivity contribution in [2.45, 2.75) is 32.1 Å². The normalized spacial score (nSPS) is 12.2. The molecule has 0 unspecified atom stereocenters. The van der Waals surface area contributed by atoms with Crippen LogP contribution in [-0.4, -0.2) is 44.5 Å². The Bertz CT molecular complexity index is 756. The van der Waals surface area contributed by atoms with Gasteiger partial charge in [0.05, 0.1) is 5.52 Å². The first kappa shape index (κ1) is 17.8. The Morgan fingerprint density at radius 2 is 1.96 bits per heavy atom. The summed E-state index contributed by atoms with van der Waals surface area (Å²) in [5.41, 5.74) is 1.54. The van der Waals surface area contributed by atoms with Crippen LogP contribution in [-0.2, 0) is 10.0 Å². The molecule has 0 aliphatic rings. The highest BCUT2D eigenvalue weighted by molar-refractivity contribution is 7.89.